The van der Waals surface area contributed by atoms with E-state index < -0.39 is 0 Å². The van der Waals surface area contributed by atoms with Crippen LogP contribution in [0.2, 0.25) is 0 Å². The molecule has 2 heterocycles. The van der Waals surface area contributed by atoms with Crippen molar-refractivity contribution in [2.75, 3.05) is 5.73 Å². The molecule has 0 aliphatic rings. The zero-order valence-corrected chi connectivity index (χ0v) is 8.84. The third-order valence-electron chi connectivity index (χ3n) is 2.50. The van der Waals surface area contributed by atoms with E-state index in [4.69, 9.17) is 5.73 Å². The lowest BCUT2D eigenvalue weighted by Gasteiger charge is -1.96. The summed E-state index contributed by atoms with van der Waals surface area (Å²) in [5.41, 5.74) is 6.72. The van der Waals surface area contributed by atoms with Gasteiger partial charge in [-0.2, -0.15) is 4.52 Å². The molecule has 0 amide bonds. The summed E-state index contributed by atoms with van der Waals surface area (Å²) in [4.78, 5) is 4.24. The van der Waals surface area contributed by atoms with E-state index in [0.717, 1.165) is 0 Å². The Morgan fingerprint density at radius 3 is 2.65 bits per heavy atom. The van der Waals surface area contributed by atoms with Crippen molar-refractivity contribution in [2.45, 2.75) is 0 Å². The molecule has 4 nitrogen and oxygen atoms in total. The Labute approximate surface area is 96.5 Å². The molecule has 0 spiro atoms. The van der Waals surface area contributed by atoms with Crippen molar-refractivity contribution in [2.24, 2.45) is 0 Å². The zero-order valence-electron chi connectivity index (χ0n) is 8.84. The van der Waals surface area contributed by atoms with E-state index in [-0.39, 0.29) is 5.82 Å². The molecule has 0 atom stereocenters. The lowest BCUT2D eigenvalue weighted by Crippen LogP contribution is -1.97. The van der Waals surface area contributed by atoms with Crippen molar-refractivity contribution in [1.82, 2.24) is 14.6 Å². The number of pyridine rings is 1. The van der Waals surface area contributed by atoms with Crippen LogP contribution in [0.25, 0.3) is 17.0 Å². The second kappa shape index (κ2) is 3.55. The number of rotatable bonds is 1. The Morgan fingerprint density at radius 1 is 1.06 bits per heavy atom. The van der Waals surface area contributed by atoms with Gasteiger partial charge >= 0.3 is 0 Å². The monoisotopic (exact) mass is 228 g/mol. The normalized spacial score (nSPS) is 10.9. The average molecular weight is 228 g/mol. The van der Waals surface area contributed by atoms with Crippen LogP contribution >= 0.6 is 0 Å². The van der Waals surface area contributed by atoms with Crippen molar-refractivity contribution in [1.29, 1.82) is 0 Å². The summed E-state index contributed by atoms with van der Waals surface area (Å²) in [5, 5.41) is 4.18. The van der Waals surface area contributed by atoms with Crippen LogP contribution in [0.4, 0.5) is 10.2 Å². The molecule has 0 aliphatic heterocycles. The number of hydrogen-bond acceptors (Lipinski definition) is 3. The molecule has 0 bridgehead atoms. The van der Waals surface area contributed by atoms with Crippen molar-refractivity contribution >= 4 is 11.5 Å². The standard InChI is InChI=1S/C12H9FN4/c13-9-5-2-1-4-8(9)12-15-11-7-3-6-10(14)17(11)16-12/h1-7H,14H2. The summed E-state index contributed by atoms with van der Waals surface area (Å²) < 4.78 is 15.1. The fourth-order valence-electron chi connectivity index (χ4n) is 1.68. The number of hydrogen-bond donors (Lipinski definition) is 1. The highest BCUT2D eigenvalue weighted by atomic mass is 19.1. The van der Waals surface area contributed by atoms with Crippen LogP contribution in [0.15, 0.2) is 42.5 Å². The second-order valence-corrected chi connectivity index (χ2v) is 3.64. The molecule has 0 saturated carbocycles. The first-order chi connectivity index (χ1) is 8.25. The Morgan fingerprint density at radius 2 is 1.88 bits per heavy atom. The van der Waals surface area contributed by atoms with E-state index in [1.165, 1.54) is 10.6 Å². The molecular weight excluding hydrogens is 219 g/mol. The number of anilines is 1. The van der Waals surface area contributed by atoms with Crippen LogP contribution in [-0.2, 0) is 0 Å². The number of aromatic nitrogens is 3. The first kappa shape index (κ1) is 9.77. The van der Waals surface area contributed by atoms with Gasteiger partial charge in [0.1, 0.15) is 11.6 Å². The van der Waals surface area contributed by atoms with Gasteiger partial charge in [-0.1, -0.05) is 18.2 Å². The fourth-order valence-corrected chi connectivity index (χ4v) is 1.68. The van der Waals surface area contributed by atoms with E-state index in [0.29, 0.717) is 22.9 Å². The van der Waals surface area contributed by atoms with Gasteiger partial charge in [0, 0.05) is 0 Å². The van der Waals surface area contributed by atoms with Gasteiger partial charge < -0.3 is 5.73 Å². The highest BCUT2D eigenvalue weighted by Gasteiger charge is 2.10. The minimum Gasteiger partial charge on any atom is -0.384 e. The molecule has 84 valence electrons. The maximum absolute atomic E-state index is 13.6. The van der Waals surface area contributed by atoms with Crippen molar-refractivity contribution in [3.05, 3.63) is 48.3 Å². The molecule has 17 heavy (non-hydrogen) atoms. The van der Waals surface area contributed by atoms with Gasteiger partial charge in [0.25, 0.3) is 0 Å². The van der Waals surface area contributed by atoms with E-state index in [9.17, 15) is 4.39 Å². The van der Waals surface area contributed by atoms with Gasteiger partial charge in [0.2, 0.25) is 0 Å². The van der Waals surface area contributed by atoms with Crippen LogP contribution in [0.3, 0.4) is 0 Å². The van der Waals surface area contributed by atoms with Crippen molar-refractivity contribution < 1.29 is 4.39 Å². The average Bonchev–Trinajstić information content (AvgIpc) is 2.75. The number of benzene rings is 1. The molecule has 2 aromatic heterocycles. The number of nitrogens with zero attached hydrogens (tertiary/aromatic N) is 3. The molecule has 2 N–H and O–H groups in total. The summed E-state index contributed by atoms with van der Waals surface area (Å²) in [7, 11) is 0. The predicted molar refractivity (Wildman–Crippen MR) is 62.8 cm³/mol. The van der Waals surface area contributed by atoms with E-state index in [1.807, 2.05) is 0 Å². The van der Waals surface area contributed by atoms with Crippen LogP contribution in [-0.4, -0.2) is 14.6 Å². The molecule has 3 aromatic rings. The third-order valence-corrected chi connectivity index (χ3v) is 2.50. The number of halogens is 1. The SMILES string of the molecule is Nc1cccc2nc(-c3ccccc3F)nn12. The number of nitrogens with two attached hydrogens (primary N) is 1. The molecule has 3 rings (SSSR count). The Balaban J connectivity index is 2.26. The largest absolute Gasteiger partial charge is 0.384 e. The predicted octanol–water partition coefficient (Wildman–Crippen LogP) is 2.12. The summed E-state index contributed by atoms with van der Waals surface area (Å²) in [5.74, 6) is 0.459. The Hall–Kier alpha value is -2.43. The maximum atomic E-state index is 13.6. The van der Waals surface area contributed by atoms with Gasteiger partial charge in [0.05, 0.1) is 5.56 Å². The zero-order chi connectivity index (χ0) is 11.8. The lowest BCUT2D eigenvalue weighted by atomic mass is 10.2. The van der Waals surface area contributed by atoms with Gasteiger partial charge in [-0.15, -0.1) is 5.10 Å². The summed E-state index contributed by atoms with van der Waals surface area (Å²) in [6.07, 6.45) is 0. The minimum absolute atomic E-state index is 0.334. The third kappa shape index (κ3) is 1.52. The summed E-state index contributed by atoms with van der Waals surface area (Å²) in [6, 6.07) is 11.7. The van der Waals surface area contributed by atoms with Crippen LogP contribution < -0.4 is 5.73 Å². The van der Waals surface area contributed by atoms with E-state index in [1.54, 1.807) is 36.4 Å². The van der Waals surface area contributed by atoms with E-state index >= 15 is 0 Å². The van der Waals surface area contributed by atoms with Crippen LogP contribution in [0.5, 0.6) is 0 Å². The smallest absolute Gasteiger partial charge is 0.185 e. The van der Waals surface area contributed by atoms with Crippen molar-refractivity contribution in [3.8, 4) is 11.4 Å². The van der Waals surface area contributed by atoms with E-state index in [2.05, 4.69) is 10.1 Å². The molecule has 0 unspecified atom stereocenters. The molecule has 5 heteroatoms. The van der Waals surface area contributed by atoms with Gasteiger partial charge in [-0.25, -0.2) is 9.37 Å². The van der Waals surface area contributed by atoms with Gasteiger partial charge in [-0.3, -0.25) is 0 Å². The van der Waals surface area contributed by atoms with Gasteiger partial charge in [0.15, 0.2) is 11.5 Å². The second-order valence-electron chi connectivity index (χ2n) is 3.64. The highest BCUT2D eigenvalue weighted by Crippen LogP contribution is 2.20. The van der Waals surface area contributed by atoms with Crippen LogP contribution in [0.1, 0.15) is 0 Å². The van der Waals surface area contributed by atoms with Crippen molar-refractivity contribution in [3.63, 3.8) is 0 Å². The first-order valence-electron chi connectivity index (χ1n) is 5.12. The quantitative estimate of drug-likeness (QED) is 0.694. The number of nitrogen functional groups attached to an aromatic ring is 1. The van der Waals surface area contributed by atoms with Crippen LogP contribution in [0, 0.1) is 5.82 Å². The summed E-state index contributed by atoms with van der Waals surface area (Å²) >= 11 is 0. The maximum Gasteiger partial charge on any atom is 0.185 e. The number of fused-ring (bicyclic) bond motifs is 1. The molecule has 0 aliphatic carbocycles. The molecule has 0 radical (unpaired) electrons. The summed E-state index contributed by atoms with van der Waals surface area (Å²) in [6.45, 7) is 0. The molecule has 0 saturated heterocycles. The Kier molecular flexibility index (Phi) is 2.04. The first-order valence-corrected chi connectivity index (χ1v) is 5.12. The Bertz CT molecular complexity index is 690. The topological polar surface area (TPSA) is 56.2 Å². The fraction of sp³-hybridized carbons (Fsp3) is 0. The lowest BCUT2D eigenvalue weighted by molar-refractivity contribution is 0.630. The molecular formula is C12H9FN4. The minimum atomic E-state index is -0.345. The van der Waals surface area contributed by atoms with Gasteiger partial charge in [-0.05, 0) is 24.3 Å². The molecule has 0 fully saturated rings. The highest BCUT2D eigenvalue weighted by molar-refractivity contribution is 5.60. The molecule has 1 aromatic carbocycles.